The Morgan fingerprint density at radius 1 is 0.536 bits per heavy atom. The zero-order chi connectivity index (χ0) is 41.4. The quantitative estimate of drug-likeness (QED) is 0.0197. The van der Waals surface area contributed by atoms with E-state index in [9.17, 15) is 19.5 Å². The Morgan fingerprint density at radius 3 is 1.43 bits per heavy atom. The lowest BCUT2D eigenvalue weighted by Gasteiger charge is -2.26. The molecule has 0 aromatic carbocycles. The van der Waals surface area contributed by atoms with Crippen LogP contribution >= 0.6 is 0 Å². The van der Waals surface area contributed by atoms with Crippen molar-refractivity contribution in [2.45, 2.75) is 212 Å². The second-order valence-electron chi connectivity index (χ2n) is 16.7. The molecule has 0 rings (SSSR count). The summed E-state index contributed by atoms with van der Waals surface area (Å²) in [7, 11) is 5.91. The SMILES string of the molecule is CCCCCC/C=C\C/C=C\CCCCCCCC(=O)OC(COC(=O)CCCCCCCCCCCCCCCCC)COC(OCC[N+](C)(C)C)C(=O)[O-]. The van der Waals surface area contributed by atoms with E-state index in [4.69, 9.17) is 18.9 Å². The van der Waals surface area contributed by atoms with Crippen molar-refractivity contribution in [2.24, 2.45) is 0 Å². The van der Waals surface area contributed by atoms with Gasteiger partial charge in [0.25, 0.3) is 0 Å². The lowest BCUT2D eigenvalue weighted by molar-refractivity contribution is -0.870. The normalized spacial score (nSPS) is 13.1. The second kappa shape index (κ2) is 39.6. The number of likely N-dealkylation sites (N-methyl/N-ethyl adjacent to an activating group) is 1. The molecule has 2 unspecified atom stereocenters. The number of ether oxygens (including phenoxy) is 4. The third kappa shape index (κ3) is 40.0. The van der Waals surface area contributed by atoms with E-state index in [0.29, 0.717) is 23.9 Å². The van der Waals surface area contributed by atoms with E-state index in [0.717, 1.165) is 57.8 Å². The van der Waals surface area contributed by atoms with E-state index >= 15 is 0 Å². The Kier molecular flexibility index (Phi) is 38.0. The number of allylic oxidation sites excluding steroid dienone is 4. The highest BCUT2D eigenvalue weighted by molar-refractivity contribution is 5.70. The Balaban J connectivity index is 4.44. The number of rotatable bonds is 42. The van der Waals surface area contributed by atoms with Crippen molar-refractivity contribution in [1.29, 1.82) is 0 Å². The Bertz CT molecular complexity index is 976. The predicted molar refractivity (Wildman–Crippen MR) is 228 cm³/mol. The average molecular weight is 794 g/mol. The van der Waals surface area contributed by atoms with Gasteiger partial charge in [0, 0.05) is 12.8 Å². The van der Waals surface area contributed by atoms with Crippen molar-refractivity contribution in [3.8, 4) is 0 Å². The van der Waals surface area contributed by atoms with Crippen LogP contribution in [0.15, 0.2) is 24.3 Å². The maximum Gasteiger partial charge on any atom is 0.306 e. The summed E-state index contributed by atoms with van der Waals surface area (Å²) in [4.78, 5) is 37.0. The van der Waals surface area contributed by atoms with Crippen molar-refractivity contribution in [3.63, 3.8) is 0 Å². The minimum absolute atomic E-state index is 0.147. The molecule has 0 radical (unpaired) electrons. The monoisotopic (exact) mass is 794 g/mol. The molecule has 0 aromatic rings. The first-order chi connectivity index (χ1) is 27.1. The molecule has 0 heterocycles. The minimum atomic E-state index is -1.62. The molecule has 0 fully saturated rings. The standard InChI is InChI=1S/C47H87NO8/c1-6-8-10-12-14-16-18-20-22-24-26-28-30-32-34-36-38-45(50)56-43(42-55-47(46(51)52)53-40-39-48(3,4)5)41-54-44(49)37-35-33-31-29-27-25-23-21-19-17-15-13-11-9-7-2/h16,18,22,24,43,47H,6-15,17,19-21,23,25-42H2,1-5H3/b18-16-,24-22-. The van der Waals surface area contributed by atoms with Crippen molar-refractivity contribution < 1.29 is 42.9 Å². The number of hydrogen-bond donors (Lipinski definition) is 0. The molecule has 0 aliphatic carbocycles. The van der Waals surface area contributed by atoms with E-state index in [1.54, 1.807) is 0 Å². The maximum atomic E-state index is 12.7. The number of carbonyl (C=O) groups excluding carboxylic acids is 3. The first-order valence-corrected chi connectivity index (χ1v) is 23.0. The van der Waals surface area contributed by atoms with Gasteiger partial charge in [0.1, 0.15) is 13.2 Å². The number of quaternary nitrogens is 1. The zero-order valence-electron chi connectivity index (χ0n) is 37.0. The van der Waals surface area contributed by atoms with Gasteiger partial charge >= 0.3 is 11.9 Å². The van der Waals surface area contributed by atoms with Crippen molar-refractivity contribution >= 4 is 17.9 Å². The molecule has 2 atom stereocenters. The van der Waals surface area contributed by atoms with Crippen LogP contribution in [0.4, 0.5) is 0 Å². The molecule has 0 spiro atoms. The average Bonchev–Trinajstić information content (AvgIpc) is 3.15. The third-order valence-electron chi connectivity index (χ3n) is 9.95. The Labute approximate surface area is 344 Å². The molecule has 328 valence electrons. The van der Waals surface area contributed by atoms with Gasteiger partial charge in [0.2, 0.25) is 0 Å². The largest absolute Gasteiger partial charge is 0.545 e. The van der Waals surface area contributed by atoms with E-state index in [1.165, 1.54) is 109 Å². The number of unbranched alkanes of at least 4 members (excludes halogenated alkanes) is 23. The van der Waals surface area contributed by atoms with Crippen LogP contribution in [0.25, 0.3) is 0 Å². The Morgan fingerprint density at radius 2 is 0.964 bits per heavy atom. The van der Waals surface area contributed by atoms with Gasteiger partial charge < -0.3 is 33.3 Å². The van der Waals surface area contributed by atoms with Crippen LogP contribution in [0.3, 0.4) is 0 Å². The fraction of sp³-hybridized carbons (Fsp3) is 0.851. The lowest BCUT2D eigenvalue weighted by Crippen LogP contribution is -2.44. The molecular weight excluding hydrogens is 707 g/mol. The Hall–Kier alpha value is -2.23. The third-order valence-corrected chi connectivity index (χ3v) is 9.95. The smallest absolute Gasteiger partial charge is 0.306 e. The van der Waals surface area contributed by atoms with Gasteiger partial charge in [-0.2, -0.15) is 0 Å². The fourth-order valence-electron chi connectivity index (χ4n) is 6.33. The molecule has 0 N–H and O–H groups in total. The molecule has 9 nitrogen and oxygen atoms in total. The summed E-state index contributed by atoms with van der Waals surface area (Å²) in [6, 6.07) is 0. The second-order valence-corrected chi connectivity index (χ2v) is 16.7. The van der Waals surface area contributed by atoms with Crippen LogP contribution in [0.2, 0.25) is 0 Å². The van der Waals surface area contributed by atoms with E-state index in [1.807, 2.05) is 21.1 Å². The number of nitrogens with zero attached hydrogens (tertiary/aromatic N) is 1. The topological polar surface area (TPSA) is 111 Å². The van der Waals surface area contributed by atoms with E-state index < -0.39 is 24.3 Å². The molecule has 9 heteroatoms. The first kappa shape index (κ1) is 53.8. The summed E-state index contributed by atoms with van der Waals surface area (Å²) in [6.07, 6.45) is 39.1. The van der Waals surface area contributed by atoms with Crippen LogP contribution in [0, 0.1) is 0 Å². The van der Waals surface area contributed by atoms with Crippen molar-refractivity contribution in [3.05, 3.63) is 24.3 Å². The van der Waals surface area contributed by atoms with Gasteiger partial charge in [-0.1, -0.05) is 167 Å². The molecule has 0 bridgehead atoms. The molecule has 56 heavy (non-hydrogen) atoms. The van der Waals surface area contributed by atoms with Crippen LogP contribution in [-0.2, 0) is 33.3 Å². The molecule has 0 saturated carbocycles. The minimum Gasteiger partial charge on any atom is -0.545 e. The number of aliphatic carboxylic acids is 1. The highest BCUT2D eigenvalue weighted by Crippen LogP contribution is 2.15. The van der Waals surface area contributed by atoms with Gasteiger partial charge in [-0.15, -0.1) is 0 Å². The van der Waals surface area contributed by atoms with E-state index in [-0.39, 0.29) is 32.2 Å². The van der Waals surface area contributed by atoms with Gasteiger partial charge in [-0.05, 0) is 44.9 Å². The fourth-order valence-corrected chi connectivity index (χ4v) is 6.33. The van der Waals surface area contributed by atoms with Crippen LogP contribution in [0.5, 0.6) is 0 Å². The maximum absolute atomic E-state index is 12.7. The summed E-state index contributed by atoms with van der Waals surface area (Å²) in [5.41, 5.74) is 0. The lowest BCUT2D eigenvalue weighted by atomic mass is 10.0. The van der Waals surface area contributed by atoms with Gasteiger partial charge in [0.05, 0.1) is 40.3 Å². The molecule has 0 amide bonds. The number of carboxylic acids is 1. The molecule has 0 aliphatic heterocycles. The number of hydrogen-bond acceptors (Lipinski definition) is 8. The summed E-state index contributed by atoms with van der Waals surface area (Å²) < 4.78 is 22.5. The molecular formula is C47H87NO8. The van der Waals surface area contributed by atoms with Crippen LogP contribution in [-0.4, -0.2) is 82.3 Å². The van der Waals surface area contributed by atoms with Crippen molar-refractivity contribution in [2.75, 3.05) is 47.5 Å². The first-order valence-electron chi connectivity index (χ1n) is 23.0. The molecule has 0 aromatic heterocycles. The highest BCUT2D eigenvalue weighted by Gasteiger charge is 2.21. The zero-order valence-corrected chi connectivity index (χ0v) is 37.0. The number of esters is 2. The number of carboxylic acid groups (broad SMARTS) is 1. The highest BCUT2D eigenvalue weighted by atomic mass is 16.7. The van der Waals surface area contributed by atoms with Crippen LogP contribution in [0.1, 0.15) is 200 Å². The summed E-state index contributed by atoms with van der Waals surface area (Å²) in [5, 5.41) is 11.7. The van der Waals surface area contributed by atoms with E-state index in [2.05, 4.69) is 38.2 Å². The summed E-state index contributed by atoms with van der Waals surface area (Å²) in [6.45, 7) is 4.72. The van der Waals surface area contributed by atoms with Crippen LogP contribution < -0.4 is 5.11 Å². The van der Waals surface area contributed by atoms with Gasteiger partial charge in [-0.3, -0.25) is 9.59 Å². The predicted octanol–water partition coefficient (Wildman–Crippen LogP) is 10.7. The van der Waals surface area contributed by atoms with Gasteiger partial charge in [-0.25, -0.2) is 0 Å². The molecule has 0 saturated heterocycles. The van der Waals surface area contributed by atoms with Gasteiger partial charge in [0.15, 0.2) is 12.4 Å². The molecule has 0 aliphatic rings. The summed E-state index contributed by atoms with van der Waals surface area (Å²) >= 11 is 0. The number of carbonyl (C=O) groups is 3. The van der Waals surface area contributed by atoms with Crippen molar-refractivity contribution in [1.82, 2.24) is 0 Å². The summed E-state index contributed by atoms with van der Waals surface area (Å²) in [5.74, 6) is -2.29.